The van der Waals surface area contributed by atoms with Gasteiger partial charge in [0.1, 0.15) is 11.6 Å². The summed E-state index contributed by atoms with van der Waals surface area (Å²) in [5, 5.41) is 12.2. The van der Waals surface area contributed by atoms with E-state index < -0.39 is 0 Å². The van der Waals surface area contributed by atoms with Crippen LogP contribution in [0.1, 0.15) is 18.1 Å². The van der Waals surface area contributed by atoms with E-state index in [0.717, 1.165) is 11.3 Å². The second-order valence-corrected chi connectivity index (χ2v) is 4.91. The molecule has 4 heteroatoms. The molecule has 0 saturated carbocycles. The Kier molecular flexibility index (Phi) is 4.78. The van der Waals surface area contributed by atoms with Crippen LogP contribution in [0.25, 0.3) is 0 Å². The van der Waals surface area contributed by atoms with Gasteiger partial charge in [-0.1, -0.05) is 12.1 Å². The number of hydrogen-bond acceptors (Lipinski definition) is 3. The molecule has 0 heterocycles. The number of benzene rings is 2. The lowest BCUT2D eigenvalue weighted by atomic mass is 10.1. The molecule has 2 rings (SSSR count). The molecule has 0 saturated heterocycles. The summed E-state index contributed by atoms with van der Waals surface area (Å²) in [6.07, 6.45) is 0.695. The summed E-state index contributed by atoms with van der Waals surface area (Å²) in [5.41, 5.74) is 2.30. The maximum atomic E-state index is 13.2. The van der Waals surface area contributed by atoms with E-state index in [9.17, 15) is 4.39 Å². The topological polar surface area (TPSA) is 45.0 Å². The molecule has 0 aromatic heterocycles. The number of halogens is 1. The van der Waals surface area contributed by atoms with Gasteiger partial charge in [0.05, 0.1) is 24.4 Å². The normalized spacial score (nSPS) is 11.5. The SMILES string of the molecule is COc1cc(C#N)ccc1NC(C)Cc1cccc(F)c1. The highest BCUT2D eigenvalue weighted by atomic mass is 19.1. The molecule has 0 fully saturated rings. The third kappa shape index (κ3) is 3.96. The third-order valence-electron chi connectivity index (χ3n) is 3.16. The zero-order valence-electron chi connectivity index (χ0n) is 12.1. The number of methoxy groups -OCH3 is 1. The summed E-state index contributed by atoms with van der Waals surface area (Å²) < 4.78 is 18.5. The van der Waals surface area contributed by atoms with Crippen LogP contribution in [0.15, 0.2) is 42.5 Å². The van der Waals surface area contributed by atoms with Crippen LogP contribution in [-0.4, -0.2) is 13.2 Å². The summed E-state index contributed by atoms with van der Waals surface area (Å²) in [5.74, 6) is 0.399. The van der Waals surface area contributed by atoms with Gasteiger partial charge in [-0.05, 0) is 43.2 Å². The van der Waals surface area contributed by atoms with E-state index >= 15 is 0 Å². The minimum absolute atomic E-state index is 0.105. The van der Waals surface area contributed by atoms with Crippen LogP contribution in [0, 0.1) is 17.1 Å². The predicted molar refractivity (Wildman–Crippen MR) is 80.9 cm³/mol. The molecule has 1 unspecified atom stereocenters. The zero-order valence-corrected chi connectivity index (χ0v) is 12.1. The first-order valence-electron chi connectivity index (χ1n) is 6.71. The lowest BCUT2D eigenvalue weighted by Crippen LogP contribution is -2.18. The van der Waals surface area contributed by atoms with Crippen molar-refractivity contribution in [2.24, 2.45) is 0 Å². The van der Waals surface area contributed by atoms with Gasteiger partial charge in [-0.3, -0.25) is 0 Å². The highest BCUT2D eigenvalue weighted by molar-refractivity contribution is 5.60. The van der Waals surface area contributed by atoms with Crippen LogP contribution in [0.5, 0.6) is 5.75 Å². The maximum Gasteiger partial charge on any atom is 0.143 e. The van der Waals surface area contributed by atoms with Gasteiger partial charge < -0.3 is 10.1 Å². The van der Waals surface area contributed by atoms with Crippen molar-refractivity contribution >= 4 is 5.69 Å². The first-order valence-corrected chi connectivity index (χ1v) is 6.71. The van der Waals surface area contributed by atoms with E-state index in [4.69, 9.17) is 10.00 Å². The minimum atomic E-state index is -0.226. The molecule has 108 valence electrons. The zero-order chi connectivity index (χ0) is 15.2. The van der Waals surface area contributed by atoms with Crippen LogP contribution in [-0.2, 0) is 6.42 Å². The van der Waals surface area contributed by atoms with Gasteiger partial charge in [-0.2, -0.15) is 5.26 Å². The molecule has 21 heavy (non-hydrogen) atoms. The summed E-state index contributed by atoms with van der Waals surface area (Å²) in [4.78, 5) is 0. The van der Waals surface area contributed by atoms with Crippen molar-refractivity contribution in [1.29, 1.82) is 5.26 Å². The summed E-state index contributed by atoms with van der Waals surface area (Å²) in [6, 6.07) is 14.0. The highest BCUT2D eigenvalue weighted by Crippen LogP contribution is 2.26. The monoisotopic (exact) mass is 284 g/mol. The molecular weight excluding hydrogens is 267 g/mol. The van der Waals surface area contributed by atoms with Gasteiger partial charge in [0.15, 0.2) is 0 Å². The average Bonchev–Trinajstić information content (AvgIpc) is 2.47. The molecule has 3 nitrogen and oxygen atoms in total. The molecule has 1 atom stereocenters. The number of nitrogens with one attached hydrogen (secondary N) is 1. The van der Waals surface area contributed by atoms with Gasteiger partial charge in [-0.15, -0.1) is 0 Å². The molecule has 0 aliphatic heterocycles. The Labute approximate surface area is 124 Å². The molecule has 0 aliphatic rings. The Morgan fingerprint density at radius 2 is 2.10 bits per heavy atom. The smallest absolute Gasteiger partial charge is 0.143 e. The van der Waals surface area contributed by atoms with E-state index in [2.05, 4.69) is 11.4 Å². The fourth-order valence-electron chi connectivity index (χ4n) is 2.21. The molecule has 1 N–H and O–H groups in total. The number of hydrogen-bond donors (Lipinski definition) is 1. The average molecular weight is 284 g/mol. The Bertz CT molecular complexity index is 664. The standard InChI is InChI=1S/C17H17FN2O/c1-12(8-13-4-3-5-15(18)9-13)20-16-7-6-14(11-19)10-17(16)21-2/h3-7,9-10,12,20H,8H2,1-2H3. The van der Waals surface area contributed by atoms with Crippen molar-refractivity contribution in [2.75, 3.05) is 12.4 Å². The number of rotatable bonds is 5. The summed E-state index contributed by atoms with van der Waals surface area (Å²) in [7, 11) is 1.57. The fraction of sp³-hybridized carbons (Fsp3) is 0.235. The molecule has 0 amide bonds. The van der Waals surface area contributed by atoms with Gasteiger partial charge in [0.25, 0.3) is 0 Å². The van der Waals surface area contributed by atoms with Crippen LogP contribution in [0.2, 0.25) is 0 Å². The highest BCUT2D eigenvalue weighted by Gasteiger charge is 2.09. The van der Waals surface area contributed by atoms with Crippen molar-refractivity contribution in [3.05, 3.63) is 59.4 Å². The Morgan fingerprint density at radius 3 is 2.76 bits per heavy atom. The van der Waals surface area contributed by atoms with Crippen LogP contribution >= 0.6 is 0 Å². The molecular formula is C17H17FN2O. The van der Waals surface area contributed by atoms with Crippen LogP contribution in [0.4, 0.5) is 10.1 Å². The molecule has 2 aromatic rings. The molecule has 0 aliphatic carbocycles. The van der Waals surface area contributed by atoms with E-state index in [1.807, 2.05) is 19.1 Å². The summed E-state index contributed by atoms with van der Waals surface area (Å²) >= 11 is 0. The molecule has 2 aromatic carbocycles. The molecule has 0 spiro atoms. The quantitative estimate of drug-likeness (QED) is 0.909. The second kappa shape index (κ2) is 6.76. The first kappa shape index (κ1) is 14.9. The van der Waals surface area contributed by atoms with Gasteiger partial charge in [0, 0.05) is 12.1 Å². The van der Waals surface area contributed by atoms with Crippen molar-refractivity contribution in [1.82, 2.24) is 0 Å². The van der Waals surface area contributed by atoms with E-state index in [-0.39, 0.29) is 11.9 Å². The van der Waals surface area contributed by atoms with Crippen molar-refractivity contribution in [3.63, 3.8) is 0 Å². The number of ether oxygens (including phenoxy) is 1. The number of nitriles is 1. The third-order valence-corrected chi connectivity index (χ3v) is 3.16. The summed E-state index contributed by atoms with van der Waals surface area (Å²) in [6.45, 7) is 2.02. The second-order valence-electron chi connectivity index (χ2n) is 4.91. The largest absolute Gasteiger partial charge is 0.495 e. The number of nitrogens with zero attached hydrogens (tertiary/aromatic N) is 1. The van der Waals surface area contributed by atoms with Gasteiger partial charge in [0.2, 0.25) is 0 Å². The first-order chi connectivity index (χ1) is 10.1. The Morgan fingerprint density at radius 1 is 1.29 bits per heavy atom. The van der Waals surface area contributed by atoms with E-state index in [1.165, 1.54) is 12.1 Å². The van der Waals surface area contributed by atoms with E-state index in [0.29, 0.717) is 17.7 Å². The Balaban J connectivity index is 2.09. The van der Waals surface area contributed by atoms with E-state index in [1.54, 1.807) is 25.3 Å². The van der Waals surface area contributed by atoms with Crippen LogP contribution < -0.4 is 10.1 Å². The lowest BCUT2D eigenvalue weighted by Gasteiger charge is -2.18. The lowest BCUT2D eigenvalue weighted by molar-refractivity contribution is 0.416. The minimum Gasteiger partial charge on any atom is -0.495 e. The van der Waals surface area contributed by atoms with Crippen molar-refractivity contribution < 1.29 is 9.13 Å². The fourth-order valence-corrected chi connectivity index (χ4v) is 2.21. The molecule has 0 bridgehead atoms. The van der Waals surface area contributed by atoms with Gasteiger partial charge >= 0.3 is 0 Å². The van der Waals surface area contributed by atoms with Gasteiger partial charge in [-0.25, -0.2) is 4.39 Å². The van der Waals surface area contributed by atoms with Crippen LogP contribution in [0.3, 0.4) is 0 Å². The number of anilines is 1. The predicted octanol–water partition coefficient (Wildman–Crippen LogP) is 3.75. The van der Waals surface area contributed by atoms with Crippen molar-refractivity contribution in [2.45, 2.75) is 19.4 Å². The molecule has 0 radical (unpaired) electrons. The van der Waals surface area contributed by atoms with Crippen molar-refractivity contribution in [3.8, 4) is 11.8 Å². The Hall–Kier alpha value is -2.54. The maximum absolute atomic E-state index is 13.2.